The lowest BCUT2D eigenvalue weighted by Crippen LogP contribution is -2.22. The Morgan fingerprint density at radius 3 is 1.67 bits per heavy atom. The van der Waals surface area contributed by atoms with E-state index in [4.69, 9.17) is 0 Å². The molecule has 0 aromatic heterocycles. The van der Waals surface area contributed by atoms with Gasteiger partial charge in [-0.1, -0.05) is 214 Å². The van der Waals surface area contributed by atoms with E-state index in [2.05, 4.69) is 256 Å². The molecule has 10 aromatic carbocycles. The van der Waals surface area contributed by atoms with E-state index in [1.54, 1.807) is 0 Å². The second-order valence-electron chi connectivity index (χ2n) is 18.1. The van der Waals surface area contributed by atoms with E-state index in [1.807, 2.05) is 0 Å². The minimum atomic E-state index is -0.263. The van der Waals surface area contributed by atoms with Crippen LogP contribution in [0.2, 0.25) is 0 Å². The quantitative estimate of drug-likeness (QED) is 0.155. The lowest BCUT2D eigenvalue weighted by Gasteiger charge is -2.32. The van der Waals surface area contributed by atoms with Crippen molar-refractivity contribution in [1.29, 1.82) is 0 Å². The highest BCUT2D eigenvalue weighted by Gasteiger charge is 2.41. The number of anilines is 3. The van der Waals surface area contributed by atoms with Crippen LogP contribution in [0.4, 0.5) is 17.1 Å². The van der Waals surface area contributed by atoms with Crippen LogP contribution in [0.3, 0.4) is 0 Å². The maximum Gasteiger partial charge on any atom is 0.0546 e. The van der Waals surface area contributed by atoms with Gasteiger partial charge in [-0.05, 0) is 120 Å². The maximum atomic E-state index is 2.51. The number of para-hydroxylation sites is 1. The van der Waals surface area contributed by atoms with Gasteiger partial charge in [-0.2, -0.15) is 0 Å². The lowest BCUT2D eigenvalue weighted by atomic mass is 9.74. The number of fused-ring (bicyclic) bond motifs is 7. The van der Waals surface area contributed by atoms with Crippen LogP contribution in [-0.4, -0.2) is 0 Å². The summed E-state index contributed by atoms with van der Waals surface area (Å²) >= 11 is 0. The number of benzene rings is 10. The van der Waals surface area contributed by atoms with Crippen molar-refractivity contribution in [2.45, 2.75) is 31.6 Å². The van der Waals surface area contributed by atoms with Gasteiger partial charge in [-0.25, -0.2) is 0 Å². The molecule has 12 rings (SSSR count). The average Bonchev–Trinajstić information content (AvgIpc) is 3.76. The first kappa shape index (κ1) is 38.0. The Morgan fingerprint density at radius 2 is 0.906 bits per heavy atom. The Morgan fingerprint density at radius 1 is 0.344 bits per heavy atom. The molecule has 1 heteroatoms. The molecule has 304 valence electrons. The van der Waals surface area contributed by atoms with E-state index in [0.717, 1.165) is 17.1 Å². The molecule has 0 N–H and O–H groups in total. The summed E-state index contributed by atoms with van der Waals surface area (Å²) in [5.41, 5.74) is 22.3. The van der Waals surface area contributed by atoms with Crippen LogP contribution in [0, 0.1) is 0 Å². The minimum Gasteiger partial charge on any atom is -0.309 e. The summed E-state index contributed by atoms with van der Waals surface area (Å²) in [4.78, 5) is 2.51. The normalized spacial score (nSPS) is 15.3. The highest BCUT2D eigenvalue weighted by molar-refractivity contribution is 6.07. The van der Waals surface area contributed by atoms with Gasteiger partial charge < -0.3 is 4.90 Å². The van der Waals surface area contributed by atoms with Crippen molar-refractivity contribution in [2.75, 3.05) is 4.90 Å². The van der Waals surface area contributed by atoms with Gasteiger partial charge in [0.1, 0.15) is 0 Å². The molecule has 2 aliphatic rings. The minimum absolute atomic E-state index is 0.173. The van der Waals surface area contributed by atoms with E-state index >= 15 is 0 Å². The largest absolute Gasteiger partial charge is 0.309 e. The number of hydrogen-bond donors (Lipinski definition) is 0. The molecule has 0 radical (unpaired) electrons. The molecule has 0 saturated carbocycles. The zero-order chi connectivity index (χ0) is 43.0. The molecule has 0 aliphatic heterocycles. The Balaban J connectivity index is 1.05. The van der Waals surface area contributed by atoms with Crippen molar-refractivity contribution in [1.82, 2.24) is 0 Å². The molecule has 0 bridgehead atoms. The number of rotatable bonds is 7. The first-order valence-corrected chi connectivity index (χ1v) is 22.5. The van der Waals surface area contributed by atoms with E-state index < -0.39 is 0 Å². The van der Waals surface area contributed by atoms with Crippen LogP contribution in [0.25, 0.3) is 66.4 Å². The Bertz CT molecular complexity index is 3410. The predicted molar refractivity (Wildman–Crippen MR) is 270 cm³/mol. The van der Waals surface area contributed by atoms with Gasteiger partial charge in [0.15, 0.2) is 0 Å². The highest BCUT2D eigenvalue weighted by Crippen LogP contribution is 2.56. The molecule has 64 heavy (non-hydrogen) atoms. The SMILES string of the molecule is CC1(C)c2ccccc2-c2cccc(-c3ccccc3N(c3ccc(-c4ccc5c(c4)C(C)(c4ccccc4)c4ccccc4-5)cc3)c3ccc4ccccc4c3-c3ccccc3)c21. The van der Waals surface area contributed by atoms with E-state index in [1.165, 1.54) is 94.2 Å². The topological polar surface area (TPSA) is 3.24 Å². The predicted octanol–water partition coefficient (Wildman–Crippen LogP) is 17.0. The highest BCUT2D eigenvalue weighted by atomic mass is 15.1. The summed E-state index contributed by atoms with van der Waals surface area (Å²) in [7, 11) is 0. The van der Waals surface area contributed by atoms with Gasteiger partial charge in [-0.3, -0.25) is 0 Å². The fourth-order valence-electron chi connectivity index (χ4n) is 11.3. The monoisotopic (exact) mass is 817 g/mol. The molecule has 0 saturated heterocycles. The molecule has 0 amide bonds. The summed E-state index contributed by atoms with van der Waals surface area (Å²) in [6.07, 6.45) is 0. The molecule has 0 heterocycles. The maximum absolute atomic E-state index is 2.51. The molecule has 1 atom stereocenters. The molecule has 0 fully saturated rings. The molecule has 1 unspecified atom stereocenters. The summed E-state index contributed by atoms with van der Waals surface area (Å²) in [6.45, 7) is 7.17. The first-order valence-electron chi connectivity index (χ1n) is 22.5. The van der Waals surface area contributed by atoms with Crippen molar-refractivity contribution in [2.24, 2.45) is 0 Å². The molecule has 1 nitrogen and oxygen atoms in total. The van der Waals surface area contributed by atoms with Crippen LogP contribution < -0.4 is 4.90 Å². The lowest BCUT2D eigenvalue weighted by molar-refractivity contribution is 0.662. The molecular weight excluding hydrogens is 771 g/mol. The van der Waals surface area contributed by atoms with Crippen molar-refractivity contribution < 1.29 is 0 Å². The first-order chi connectivity index (χ1) is 31.4. The Kier molecular flexibility index (Phi) is 8.71. The zero-order valence-electron chi connectivity index (χ0n) is 36.4. The van der Waals surface area contributed by atoms with Gasteiger partial charge in [0.05, 0.1) is 11.4 Å². The fraction of sp³-hybridized carbons (Fsp3) is 0.0794. The average molecular weight is 818 g/mol. The van der Waals surface area contributed by atoms with Crippen LogP contribution in [0.15, 0.2) is 231 Å². The van der Waals surface area contributed by atoms with E-state index in [0.29, 0.717) is 0 Å². The Hall–Kier alpha value is -7.74. The third-order valence-corrected chi connectivity index (χ3v) is 14.3. The van der Waals surface area contributed by atoms with Gasteiger partial charge in [0.2, 0.25) is 0 Å². The molecule has 0 spiro atoms. The van der Waals surface area contributed by atoms with Gasteiger partial charge >= 0.3 is 0 Å². The second kappa shape index (κ2) is 14.7. The molecule has 10 aromatic rings. The fourth-order valence-corrected chi connectivity index (χ4v) is 11.3. The van der Waals surface area contributed by atoms with E-state index in [9.17, 15) is 0 Å². The van der Waals surface area contributed by atoms with Crippen LogP contribution in [0.1, 0.15) is 48.6 Å². The summed E-state index contributed by atoms with van der Waals surface area (Å²) < 4.78 is 0. The van der Waals surface area contributed by atoms with Crippen LogP contribution >= 0.6 is 0 Å². The van der Waals surface area contributed by atoms with Crippen molar-refractivity contribution in [3.63, 3.8) is 0 Å². The van der Waals surface area contributed by atoms with Crippen LogP contribution in [0.5, 0.6) is 0 Å². The van der Waals surface area contributed by atoms with Crippen molar-refractivity contribution >= 4 is 27.8 Å². The van der Waals surface area contributed by atoms with E-state index in [-0.39, 0.29) is 10.8 Å². The van der Waals surface area contributed by atoms with Crippen LogP contribution in [-0.2, 0) is 10.8 Å². The van der Waals surface area contributed by atoms with Crippen molar-refractivity contribution in [3.05, 3.63) is 258 Å². The molecule has 2 aliphatic carbocycles. The Labute approximate surface area is 376 Å². The van der Waals surface area contributed by atoms with Crippen molar-refractivity contribution in [3.8, 4) is 55.6 Å². The second-order valence-corrected chi connectivity index (χ2v) is 18.1. The third kappa shape index (κ3) is 5.70. The van der Waals surface area contributed by atoms with Gasteiger partial charge in [0.25, 0.3) is 0 Å². The standard InChI is InChI=1S/C63H47N/c1-62(2)55-30-15-12-26-50(55)53-28-18-29-54(61(53)62)52-27-14-17-32-58(52)64(59-40-36-43-19-10-11-24-48(43)60(59)44-20-6-4-7-21-44)47-37-33-42(34-38-47)45-35-39-51-49-25-13-16-31-56(49)63(3,57(51)41-45)46-22-8-5-9-23-46/h4-41H,1-3H3. The smallest absolute Gasteiger partial charge is 0.0546 e. The number of hydrogen-bond acceptors (Lipinski definition) is 1. The zero-order valence-corrected chi connectivity index (χ0v) is 36.4. The van der Waals surface area contributed by atoms with Gasteiger partial charge in [0, 0.05) is 27.6 Å². The molecular formula is C63H47N. The summed E-state index contributed by atoms with van der Waals surface area (Å²) in [5.74, 6) is 0. The summed E-state index contributed by atoms with van der Waals surface area (Å²) in [5, 5.41) is 2.44. The number of nitrogens with zero attached hydrogens (tertiary/aromatic N) is 1. The van der Waals surface area contributed by atoms with Gasteiger partial charge in [-0.15, -0.1) is 0 Å². The summed E-state index contributed by atoms with van der Waals surface area (Å²) in [6, 6.07) is 85.5. The third-order valence-electron chi connectivity index (χ3n) is 14.3.